The number of aromatic nitrogens is 1. The number of H-pyrrole nitrogens is 1. The van der Waals surface area contributed by atoms with E-state index in [0.29, 0.717) is 12.2 Å². The van der Waals surface area contributed by atoms with Crippen molar-refractivity contribution >= 4 is 22.8 Å². The topological polar surface area (TPSA) is 73.4 Å². The van der Waals surface area contributed by atoms with E-state index in [1.54, 1.807) is 4.90 Å². The molecule has 2 aromatic rings. The molecule has 5 heteroatoms. The molecule has 0 aliphatic carbocycles. The first-order chi connectivity index (χ1) is 10.5. The van der Waals surface area contributed by atoms with E-state index in [2.05, 4.69) is 4.98 Å². The molecule has 116 valence electrons. The van der Waals surface area contributed by atoms with E-state index in [0.717, 1.165) is 29.3 Å². The SMILES string of the molecule is Cc1ccc2[nH]c(C(=O)N3CCCC3CC(=O)O)cc2c1C. The van der Waals surface area contributed by atoms with Gasteiger partial charge in [0.15, 0.2) is 0 Å². The number of carboxylic acid groups (broad SMARTS) is 1. The third kappa shape index (κ3) is 2.47. The summed E-state index contributed by atoms with van der Waals surface area (Å²) in [5.41, 5.74) is 3.84. The highest BCUT2D eigenvalue weighted by molar-refractivity contribution is 5.99. The molecular formula is C17H20N2O3. The minimum absolute atomic E-state index is 0.0180. The van der Waals surface area contributed by atoms with Gasteiger partial charge in [0.05, 0.1) is 6.42 Å². The highest BCUT2D eigenvalue weighted by Gasteiger charge is 2.31. The molecule has 2 N–H and O–H groups in total. The van der Waals surface area contributed by atoms with Crippen LogP contribution >= 0.6 is 0 Å². The number of fused-ring (bicyclic) bond motifs is 1. The van der Waals surface area contributed by atoms with Crippen molar-refractivity contribution in [2.45, 2.75) is 39.2 Å². The van der Waals surface area contributed by atoms with Crippen LogP contribution in [0.5, 0.6) is 0 Å². The van der Waals surface area contributed by atoms with Crippen molar-refractivity contribution in [1.29, 1.82) is 0 Å². The minimum Gasteiger partial charge on any atom is -0.481 e. The predicted molar refractivity (Wildman–Crippen MR) is 84.1 cm³/mol. The van der Waals surface area contributed by atoms with Gasteiger partial charge in [-0.05, 0) is 49.9 Å². The maximum atomic E-state index is 12.7. The second-order valence-electron chi connectivity index (χ2n) is 6.04. The van der Waals surface area contributed by atoms with Crippen molar-refractivity contribution in [3.05, 3.63) is 35.0 Å². The van der Waals surface area contributed by atoms with Gasteiger partial charge in [-0.1, -0.05) is 6.07 Å². The average molecular weight is 300 g/mol. The summed E-state index contributed by atoms with van der Waals surface area (Å²) in [5, 5.41) is 10.0. The average Bonchev–Trinajstić information content (AvgIpc) is 3.08. The number of likely N-dealkylation sites (tertiary alicyclic amines) is 1. The van der Waals surface area contributed by atoms with Crippen molar-refractivity contribution in [1.82, 2.24) is 9.88 Å². The van der Waals surface area contributed by atoms with Crippen LogP contribution in [0.3, 0.4) is 0 Å². The lowest BCUT2D eigenvalue weighted by Crippen LogP contribution is -2.37. The smallest absolute Gasteiger partial charge is 0.305 e. The Hall–Kier alpha value is -2.30. The quantitative estimate of drug-likeness (QED) is 0.915. The number of nitrogens with one attached hydrogen (secondary N) is 1. The number of carbonyl (C=O) groups excluding carboxylic acids is 1. The fourth-order valence-corrected chi connectivity index (χ4v) is 3.24. The first-order valence-electron chi connectivity index (χ1n) is 7.59. The van der Waals surface area contributed by atoms with E-state index >= 15 is 0 Å². The van der Waals surface area contributed by atoms with Gasteiger partial charge >= 0.3 is 5.97 Å². The molecule has 1 aromatic carbocycles. The lowest BCUT2D eigenvalue weighted by atomic mass is 10.1. The highest BCUT2D eigenvalue weighted by atomic mass is 16.4. The van der Waals surface area contributed by atoms with Crippen molar-refractivity contribution in [2.24, 2.45) is 0 Å². The number of aliphatic carboxylic acids is 1. The second-order valence-corrected chi connectivity index (χ2v) is 6.04. The summed E-state index contributed by atoms with van der Waals surface area (Å²) in [7, 11) is 0. The second kappa shape index (κ2) is 5.48. The van der Waals surface area contributed by atoms with Gasteiger partial charge in [0.25, 0.3) is 5.91 Å². The fraction of sp³-hybridized carbons (Fsp3) is 0.412. The number of carbonyl (C=O) groups is 2. The van der Waals surface area contributed by atoms with E-state index in [-0.39, 0.29) is 18.4 Å². The standard InChI is InChI=1S/C17H20N2O3/c1-10-5-6-14-13(11(10)2)9-15(18-14)17(22)19-7-3-4-12(19)8-16(20)21/h5-6,9,12,18H,3-4,7-8H2,1-2H3,(H,20,21). The van der Waals surface area contributed by atoms with Crippen molar-refractivity contribution < 1.29 is 14.7 Å². The van der Waals surface area contributed by atoms with Crippen LogP contribution in [0.1, 0.15) is 40.9 Å². The van der Waals surface area contributed by atoms with Gasteiger partial charge in [0.1, 0.15) is 5.69 Å². The fourth-order valence-electron chi connectivity index (χ4n) is 3.24. The van der Waals surface area contributed by atoms with Crippen LogP contribution in [0.25, 0.3) is 10.9 Å². The molecule has 0 bridgehead atoms. The number of hydrogen-bond donors (Lipinski definition) is 2. The molecule has 0 saturated carbocycles. The van der Waals surface area contributed by atoms with Gasteiger partial charge < -0.3 is 15.0 Å². The van der Waals surface area contributed by atoms with E-state index in [9.17, 15) is 9.59 Å². The summed E-state index contributed by atoms with van der Waals surface area (Å²) in [6.45, 7) is 4.72. The van der Waals surface area contributed by atoms with Gasteiger partial charge in [-0.25, -0.2) is 0 Å². The maximum absolute atomic E-state index is 12.7. The summed E-state index contributed by atoms with van der Waals surface area (Å²) in [6.07, 6.45) is 1.64. The zero-order valence-corrected chi connectivity index (χ0v) is 12.8. The van der Waals surface area contributed by atoms with Crippen LogP contribution in [0.15, 0.2) is 18.2 Å². The first kappa shape index (κ1) is 14.6. The molecule has 2 heterocycles. The van der Waals surface area contributed by atoms with Crippen LogP contribution < -0.4 is 0 Å². The van der Waals surface area contributed by atoms with Crippen LogP contribution in [0.4, 0.5) is 0 Å². The maximum Gasteiger partial charge on any atom is 0.305 e. The summed E-state index contributed by atoms with van der Waals surface area (Å²) < 4.78 is 0. The Morgan fingerprint density at radius 1 is 1.36 bits per heavy atom. The number of benzene rings is 1. The Bertz CT molecular complexity index is 748. The molecule has 0 spiro atoms. The number of carboxylic acids is 1. The molecule has 1 saturated heterocycles. The number of aryl methyl sites for hydroxylation is 2. The molecule has 22 heavy (non-hydrogen) atoms. The number of amides is 1. The Kier molecular flexibility index (Phi) is 3.64. The van der Waals surface area contributed by atoms with Crippen molar-refractivity contribution in [2.75, 3.05) is 6.54 Å². The number of aromatic amines is 1. The summed E-state index contributed by atoms with van der Waals surface area (Å²) in [5.74, 6) is -0.954. The van der Waals surface area contributed by atoms with E-state index in [1.807, 2.05) is 32.0 Å². The molecule has 0 radical (unpaired) electrons. The highest BCUT2D eigenvalue weighted by Crippen LogP contribution is 2.26. The molecular weight excluding hydrogens is 280 g/mol. The molecule has 1 atom stereocenters. The molecule has 5 nitrogen and oxygen atoms in total. The van der Waals surface area contributed by atoms with Crippen molar-refractivity contribution in [3.8, 4) is 0 Å². The third-order valence-electron chi connectivity index (χ3n) is 4.62. The lowest BCUT2D eigenvalue weighted by Gasteiger charge is -2.22. The summed E-state index contributed by atoms with van der Waals surface area (Å²) in [4.78, 5) is 28.5. The minimum atomic E-state index is -0.854. The zero-order valence-electron chi connectivity index (χ0n) is 12.8. The van der Waals surface area contributed by atoms with Gasteiger partial charge in [0.2, 0.25) is 0 Å². The molecule has 1 unspecified atom stereocenters. The molecule has 1 amide bonds. The van der Waals surface area contributed by atoms with Gasteiger partial charge in [-0.15, -0.1) is 0 Å². The monoisotopic (exact) mass is 300 g/mol. The van der Waals surface area contributed by atoms with Gasteiger partial charge in [-0.3, -0.25) is 9.59 Å². The van der Waals surface area contributed by atoms with E-state index in [1.165, 1.54) is 5.56 Å². The third-order valence-corrected chi connectivity index (χ3v) is 4.62. The lowest BCUT2D eigenvalue weighted by molar-refractivity contribution is -0.137. The number of rotatable bonds is 3. The number of nitrogens with zero attached hydrogens (tertiary/aromatic N) is 1. The Morgan fingerprint density at radius 2 is 2.14 bits per heavy atom. The molecule has 1 aliphatic rings. The Balaban J connectivity index is 1.92. The zero-order chi connectivity index (χ0) is 15.9. The predicted octanol–water partition coefficient (Wildman–Crippen LogP) is 2.86. The molecule has 1 fully saturated rings. The van der Waals surface area contributed by atoms with Gasteiger partial charge in [-0.2, -0.15) is 0 Å². The summed E-state index contributed by atoms with van der Waals surface area (Å²) >= 11 is 0. The van der Waals surface area contributed by atoms with Crippen LogP contribution in [0.2, 0.25) is 0 Å². The van der Waals surface area contributed by atoms with E-state index in [4.69, 9.17) is 5.11 Å². The Labute approximate surface area is 128 Å². The largest absolute Gasteiger partial charge is 0.481 e. The molecule has 1 aromatic heterocycles. The van der Waals surface area contributed by atoms with E-state index < -0.39 is 5.97 Å². The molecule has 3 rings (SSSR count). The first-order valence-corrected chi connectivity index (χ1v) is 7.59. The van der Waals surface area contributed by atoms with Crippen LogP contribution in [-0.4, -0.2) is 39.5 Å². The van der Waals surface area contributed by atoms with Gasteiger partial charge in [0, 0.05) is 23.5 Å². The van der Waals surface area contributed by atoms with Crippen LogP contribution in [-0.2, 0) is 4.79 Å². The Morgan fingerprint density at radius 3 is 2.86 bits per heavy atom. The summed E-state index contributed by atoms with van der Waals surface area (Å²) in [6, 6.07) is 5.70. The normalized spacial score (nSPS) is 18.1. The number of hydrogen-bond acceptors (Lipinski definition) is 2. The molecule has 1 aliphatic heterocycles. The van der Waals surface area contributed by atoms with Crippen molar-refractivity contribution in [3.63, 3.8) is 0 Å². The van der Waals surface area contributed by atoms with Crippen LogP contribution in [0, 0.1) is 13.8 Å².